The molecule has 0 heterocycles. The van der Waals surface area contributed by atoms with Crippen molar-refractivity contribution in [3.8, 4) is 0 Å². The molecule has 0 aliphatic carbocycles. The van der Waals surface area contributed by atoms with Crippen molar-refractivity contribution in [2.24, 2.45) is 5.73 Å². The molecule has 1 rings (SSSR count). The summed E-state index contributed by atoms with van der Waals surface area (Å²) >= 11 is 0. The zero-order valence-electron chi connectivity index (χ0n) is 10.4. The fraction of sp³-hybridized carbons (Fsp3) is 0.333. The summed E-state index contributed by atoms with van der Waals surface area (Å²) in [5, 5.41) is 11.2. The van der Waals surface area contributed by atoms with Crippen LogP contribution in [-0.2, 0) is 9.53 Å². The molecule has 1 amide bonds. The number of rotatable bonds is 6. The van der Waals surface area contributed by atoms with Gasteiger partial charge in [0.1, 0.15) is 5.82 Å². The van der Waals surface area contributed by atoms with Gasteiger partial charge in [-0.05, 0) is 24.6 Å². The summed E-state index contributed by atoms with van der Waals surface area (Å²) in [5.74, 6) is -2.50. The van der Waals surface area contributed by atoms with E-state index in [4.69, 9.17) is 15.6 Å². The number of carbonyl (C=O) groups excluding carboxylic acids is 1. The van der Waals surface area contributed by atoms with Crippen LogP contribution in [0.1, 0.15) is 16.8 Å². The lowest BCUT2D eigenvalue weighted by molar-refractivity contribution is -0.117. The van der Waals surface area contributed by atoms with Gasteiger partial charge in [-0.2, -0.15) is 0 Å². The van der Waals surface area contributed by atoms with Gasteiger partial charge in [-0.3, -0.25) is 4.79 Å². The van der Waals surface area contributed by atoms with E-state index in [-0.39, 0.29) is 17.7 Å². The third kappa shape index (κ3) is 4.31. The van der Waals surface area contributed by atoms with Crippen molar-refractivity contribution in [1.82, 2.24) is 0 Å². The van der Waals surface area contributed by atoms with Gasteiger partial charge < -0.3 is 20.9 Å². The summed E-state index contributed by atoms with van der Waals surface area (Å²) < 4.78 is 17.8. The lowest BCUT2D eigenvalue weighted by Gasteiger charge is -2.13. The number of nitrogens with two attached hydrogens (primary N) is 1. The zero-order chi connectivity index (χ0) is 14.4. The molecule has 0 fully saturated rings. The van der Waals surface area contributed by atoms with Gasteiger partial charge in [0.15, 0.2) is 0 Å². The Labute approximate surface area is 109 Å². The van der Waals surface area contributed by atoms with Crippen molar-refractivity contribution in [3.63, 3.8) is 0 Å². The molecule has 1 aromatic carbocycles. The number of methoxy groups -OCH3 is 1. The Balaban J connectivity index is 2.83. The van der Waals surface area contributed by atoms with Gasteiger partial charge in [0.05, 0.1) is 17.3 Å². The van der Waals surface area contributed by atoms with E-state index in [2.05, 4.69) is 5.32 Å². The van der Waals surface area contributed by atoms with E-state index in [1.54, 1.807) is 0 Å². The summed E-state index contributed by atoms with van der Waals surface area (Å²) in [7, 11) is 1.47. The maximum absolute atomic E-state index is 13.1. The predicted octanol–water partition coefficient (Wildman–Crippen LogP) is 0.826. The molecular weight excluding hydrogens is 255 g/mol. The number of benzene rings is 1. The van der Waals surface area contributed by atoms with E-state index in [1.807, 2.05) is 0 Å². The number of hydrogen-bond acceptors (Lipinski definition) is 4. The van der Waals surface area contributed by atoms with Gasteiger partial charge in [0, 0.05) is 13.7 Å². The summed E-state index contributed by atoms with van der Waals surface area (Å²) in [6, 6.07) is 2.16. The van der Waals surface area contributed by atoms with Crippen LogP contribution in [-0.4, -0.2) is 36.7 Å². The average Bonchev–Trinajstić information content (AvgIpc) is 2.35. The van der Waals surface area contributed by atoms with E-state index in [0.29, 0.717) is 6.61 Å². The monoisotopic (exact) mass is 270 g/mol. The van der Waals surface area contributed by atoms with Gasteiger partial charge in [0.2, 0.25) is 5.91 Å². The second-order valence-corrected chi connectivity index (χ2v) is 3.87. The number of hydrogen-bond donors (Lipinski definition) is 3. The average molecular weight is 270 g/mol. The SMILES string of the molecule is COCCC(N)C(=O)Nc1cc(F)ccc1C(=O)O. The van der Waals surface area contributed by atoms with Crippen molar-refractivity contribution in [2.45, 2.75) is 12.5 Å². The minimum Gasteiger partial charge on any atom is -0.478 e. The Bertz CT molecular complexity index is 479. The van der Waals surface area contributed by atoms with Crippen LogP contribution in [0.25, 0.3) is 0 Å². The Kier molecular flexibility index (Phi) is 5.40. The number of carboxylic acid groups (broad SMARTS) is 1. The van der Waals surface area contributed by atoms with Gasteiger partial charge in [-0.1, -0.05) is 0 Å². The van der Waals surface area contributed by atoms with Crippen LogP contribution in [0.2, 0.25) is 0 Å². The molecule has 1 atom stereocenters. The molecular formula is C12H15FN2O4. The second kappa shape index (κ2) is 6.81. The normalized spacial score (nSPS) is 11.9. The van der Waals surface area contributed by atoms with E-state index < -0.39 is 23.7 Å². The lowest BCUT2D eigenvalue weighted by Crippen LogP contribution is -2.36. The number of anilines is 1. The van der Waals surface area contributed by atoms with Crippen LogP contribution in [0, 0.1) is 5.82 Å². The van der Waals surface area contributed by atoms with Gasteiger partial charge >= 0.3 is 5.97 Å². The highest BCUT2D eigenvalue weighted by molar-refractivity contribution is 6.02. The molecule has 6 nitrogen and oxygen atoms in total. The molecule has 0 saturated heterocycles. The van der Waals surface area contributed by atoms with Crippen molar-refractivity contribution < 1.29 is 23.8 Å². The highest BCUT2D eigenvalue weighted by Crippen LogP contribution is 2.17. The van der Waals surface area contributed by atoms with Crippen LogP contribution in [0.3, 0.4) is 0 Å². The smallest absolute Gasteiger partial charge is 0.337 e. The van der Waals surface area contributed by atoms with E-state index in [1.165, 1.54) is 7.11 Å². The molecule has 0 aliphatic heterocycles. The van der Waals surface area contributed by atoms with E-state index in [0.717, 1.165) is 18.2 Å². The number of halogens is 1. The zero-order valence-corrected chi connectivity index (χ0v) is 10.4. The van der Waals surface area contributed by atoms with Crippen LogP contribution in [0.4, 0.5) is 10.1 Å². The van der Waals surface area contributed by atoms with Crippen molar-refractivity contribution in [3.05, 3.63) is 29.6 Å². The fourth-order valence-electron chi connectivity index (χ4n) is 1.41. The third-order valence-corrected chi connectivity index (χ3v) is 2.44. The van der Waals surface area contributed by atoms with Crippen LogP contribution >= 0.6 is 0 Å². The first-order valence-electron chi connectivity index (χ1n) is 5.54. The molecule has 0 bridgehead atoms. The Morgan fingerprint density at radius 1 is 1.53 bits per heavy atom. The number of aromatic carboxylic acids is 1. The predicted molar refractivity (Wildman–Crippen MR) is 66.5 cm³/mol. The van der Waals surface area contributed by atoms with Crippen LogP contribution in [0.15, 0.2) is 18.2 Å². The number of ether oxygens (including phenoxy) is 1. The molecule has 104 valence electrons. The van der Waals surface area contributed by atoms with Crippen molar-refractivity contribution in [1.29, 1.82) is 0 Å². The first-order valence-corrected chi connectivity index (χ1v) is 5.54. The highest BCUT2D eigenvalue weighted by Gasteiger charge is 2.17. The topological polar surface area (TPSA) is 102 Å². The number of nitrogens with one attached hydrogen (secondary N) is 1. The molecule has 0 radical (unpaired) electrons. The minimum atomic E-state index is -1.26. The second-order valence-electron chi connectivity index (χ2n) is 3.87. The Hall–Kier alpha value is -1.99. The first kappa shape index (κ1) is 15.1. The molecule has 19 heavy (non-hydrogen) atoms. The maximum Gasteiger partial charge on any atom is 0.337 e. The third-order valence-electron chi connectivity index (χ3n) is 2.44. The summed E-state index contributed by atoms with van der Waals surface area (Å²) in [5.41, 5.74) is 5.26. The van der Waals surface area contributed by atoms with E-state index in [9.17, 15) is 14.0 Å². The molecule has 0 aliphatic rings. The molecule has 0 aromatic heterocycles. The van der Waals surface area contributed by atoms with Crippen LogP contribution < -0.4 is 11.1 Å². The summed E-state index contributed by atoms with van der Waals surface area (Å²) in [4.78, 5) is 22.6. The quantitative estimate of drug-likeness (QED) is 0.710. The lowest BCUT2D eigenvalue weighted by atomic mass is 10.1. The van der Waals surface area contributed by atoms with Crippen molar-refractivity contribution in [2.75, 3.05) is 19.0 Å². The van der Waals surface area contributed by atoms with Crippen molar-refractivity contribution >= 4 is 17.6 Å². The largest absolute Gasteiger partial charge is 0.478 e. The number of carbonyl (C=O) groups is 2. The van der Waals surface area contributed by atoms with Crippen LogP contribution in [0.5, 0.6) is 0 Å². The molecule has 4 N–H and O–H groups in total. The first-order chi connectivity index (χ1) is 8.95. The minimum absolute atomic E-state index is 0.120. The summed E-state index contributed by atoms with van der Waals surface area (Å²) in [6.07, 6.45) is 0.278. The standard InChI is InChI=1S/C12H15FN2O4/c1-19-5-4-9(14)11(16)15-10-6-7(13)2-3-8(10)12(17)18/h2-3,6,9H,4-5,14H2,1H3,(H,15,16)(H,17,18). The van der Waals surface area contributed by atoms with E-state index >= 15 is 0 Å². The van der Waals surface area contributed by atoms with Gasteiger partial charge in [-0.25, -0.2) is 9.18 Å². The molecule has 1 aromatic rings. The Morgan fingerprint density at radius 3 is 2.79 bits per heavy atom. The maximum atomic E-state index is 13.1. The fourth-order valence-corrected chi connectivity index (χ4v) is 1.41. The number of amides is 1. The molecule has 0 saturated carbocycles. The molecule has 1 unspecified atom stereocenters. The summed E-state index contributed by atoms with van der Waals surface area (Å²) in [6.45, 7) is 0.295. The molecule has 0 spiro atoms. The van der Waals surface area contributed by atoms with Gasteiger partial charge in [0.25, 0.3) is 0 Å². The highest BCUT2D eigenvalue weighted by atomic mass is 19.1. The molecule has 7 heteroatoms. The van der Waals surface area contributed by atoms with Gasteiger partial charge in [-0.15, -0.1) is 0 Å². The number of carboxylic acids is 1. The Morgan fingerprint density at radius 2 is 2.21 bits per heavy atom.